The van der Waals surface area contributed by atoms with Gasteiger partial charge in [-0.1, -0.05) is 44.9 Å². The molecule has 0 aliphatic carbocycles. The third-order valence-electron chi connectivity index (χ3n) is 6.11. The van der Waals surface area contributed by atoms with Gasteiger partial charge < -0.3 is 5.32 Å². The molecule has 0 spiro atoms. The first-order valence-corrected chi connectivity index (χ1v) is 12.6. The van der Waals surface area contributed by atoms with Crippen LogP contribution in [-0.4, -0.2) is 73.6 Å². The number of para-hydroxylation sites is 1. The summed E-state index contributed by atoms with van der Waals surface area (Å²) in [5, 5.41) is 3.09. The van der Waals surface area contributed by atoms with Gasteiger partial charge in [0.2, 0.25) is 5.91 Å². The smallest absolute Gasteiger partial charge is 0.282 e. The molecule has 1 aromatic rings. The van der Waals surface area contributed by atoms with Gasteiger partial charge >= 0.3 is 0 Å². The summed E-state index contributed by atoms with van der Waals surface area (Å²) in [4.78, 5) is 14.7. The molecule has 0 bridgehead atoms. The monoisotopic (exact) mass is 436 g/mol. The minimum Gasteiger partial charge on any atom is -0.324 e. The number of piperazine rings is 1. The fraction of sp³-hybridized carbons (Fsp3) is 0.682. The van der Waals surface area contributed by atoms with E-state index >= 15 is 0 Å². The highest BCUT2D eigenvalue weighted by molar-refractivity contribution is 7.86. The number of aryl methyl sites for hydroxylation is 1. The van der Waals surface area contributed by atoms with Crippen molar-refractivity contribution in [2.24, 2.45) is 0 Å². The zero-order valence-corrected chi connectivity index (χ0v) is 19.4. The Hall–Kier alpha value is -1.48. The number of carbonyl (C=O) groups is 1. The van der Waals surface area contributed by atoms with Gasteiger partial charge in [0, 0.05) is 45.0 Å². The lowest BCUT2D eigenvalue weighted by Gasteiger charge is -2.36. The van der Waals surface area contributed by atoms with Crippen LogP contribution in [0, 0.1) is 6.92 Å². The second kappa shape index (κ2) is 10.2. The SMILES string of the molecule is Cc1cccc(C(C)C)c1NC(=O)CN1CCN(S(=O)(=O)N2CCCCCC2)CC1. The van der Waals surface area contributed by atoms with Gasteiger partial charge in [-0.25, -0.2) is 0 Å². The Morgan fingerprint density at radius 2 is 1.57 bits per heavy atom. The lowest BCUT2D eigenvalue weighted by Crippen LogP contribution is -2.54. The van der Waals surface area contributed by atoms with Gasteiger partial charge in [0.05, 0.1) is 6.54 Å². The normalized spacial score (nSPS) is 20.3. The van der Waals surface area contributed by atoms with Crippen molar-refractivity contribution in [1.29, 1.82) is 0 Å². The van der Waals surface area contributed by atoms with Crippen LogP contribution in [0.25, 0.3) is 0 Å². The van der Waals surface area contributed by atoms with E-state index in [1.807, 2.05) is 24.0 Å². The second-order valence-electron chi connectivity index (χ2n) is 8.74. The maximum atomic E-state index is 13.0. The third kappa shape index (κ3) is 5.60. The molecule has 2 heterocycles. The van der Waals surface area contributed by atoms with Gasteiger partial charge in [0.25, 0.3) is 10.2 Å². The molecule has 1 N–H and O–H groups in total. The molecule has 1 amide bonds. The quantitative estimate of drug-likeness (QED) is 0.744. The van der Waals surface area contributed by atoms with E-state index in [1.165, 1.54) is 0 Å². The molecule has 2 fully saturated rings. The van der Waals surface area contributed by atoms with E-state index in [-0.39, 0.29) is 12.5 Å². The number of hydrogen-bond donors (Lipinski definition) is 1. The molecule has 0 atom stereocenters. The molecule has 168 valence electrons. The van der Waals surface area contributed by atoms with Gasteiger partial charge in [-0.2, -0.15) is 17.0 Å². The van der Waals surface area contributed by atoms with Crippen LogP contribution < -0.4 is 5.32 Å². The summed E-state index contributed by atoms with van der Waals surface area (Å²) in [6, 6.07) is 6.08. The zero-order valence-electron chi connectivity index (χ0n) is 18.6. The molecule has 2 saturated heterocycles. The maximum absolute atomic E-state index is 13.0. The number of hydrogen-bond acceptors (Lipinski definition) is 4. The van der Waals surface area contributed by atoms with Crippen molar-refractivity contribution in [2.75, 3.05) is 51.1 Å². The predicted molar refractivity (Wildman–Crippen MR) is 121 cm³/mol. The Labute approximate surface area is 181 Å². The van der Waals surface area contributed by atoms with Crippen LogP contribution in [-0.2, 0) is 15.0 Å². The Kier molecular flexibility index (Phi) is 7.90. The van der Waals surface area contributed by atoms with Gasteiger partial charge in [-0.05, 0) is 36.8 Å². The molecule has 0 unspecified atom stereocenters. The Balaban J connectivity index is 1.54. The minimum atomic E-state index is -3.39. The lowest BCUT2D eigenvalue weighted by molar-refractivity contribution is -0.117. The van der Waals surface area contributed by atoms with E-state index in [0.29, 0.717) is 45.2 Å². The van der Waals surface area contributed by atoms with E-state index in [2.05, 4.69) is 25.2 Å². The number of anilines is 1. The topological polar surface area (TPSA) is 73.0 Å². The third-order valence-corrected chi connectivity index (χ3v) is 8.14. The standard InChI is InChI=1S/C22H36N4O3S/c1-18(2)20-10-8-9-19(3)22(20)23-21(27)17-24-13-15-26(16-14-24)30(28,29)25-11-6-4-5-7-12-25/h8-10,18H,4-7,11-17H2,1-3H3,(H,23,27). The van der Waals surface area contributed by atoms with E-state index in [0.717, 1.165) is 42.5 Å². The Morgan fingerprint density at radius 1 is 0.967 bits per heavy atom. The first-order valence-electron chi connectivity index (χ1n) is 11.2. The predicted octanol–water partition coefficient (Wildman–Crippen LogP) is 2.80. The maximum Gasteiger partial charge on any atom is 0.282 e. The van der Waals surface area contributed by atoms with Crippen LogP contribution in [0.5, 0.6) is 0 Å². The van der Waals surface area contributed by atoms with E-state index in [9.17, 15) is 13.2 Å². The van der Waals surface area contributed by atoms with Gasteiger partial charge in [0.15, 0.2) is 0 Å². The minimum absolute atomic E-state index is 0.0463. The van der Waals surface area contributed by atoms with Gasteiger partial charge in [-0.15, -0.1) is 0 Å². The van der Waals surface area contributed by atoms with Gasteiger partial charge in [-0.3, -0.25) is 9.69 Å². The molecule has 0 saturated carbocycles. The number of nitrogens with one attached hydrogen (secondary N) is 1. The summed E-state index contributed by atoms with van der Waals surface area (Å²) in [5.41, 5.74) is 3.10. The van der Waals surface area contributed by atoms with Crippen molar-refractivity contribution in [3.05, 3.63) is 29.3 Å². The summed E-state index contributed by atoms with van der Waals surface area (Å²) in [5.74, 6) is 0.281. The molecule has 7 nitrogen and oxygen atoms in total. The van der Waals surface area contributed by atoms with E-state index < -0.39 is 10.2 Å². The summed E-state index contributed by atoms with van der Waals surface area (Å²) in [7, 11) is -3.39. The molecular formula is C22H36N4O3S. The number of amides is 1. The molecule has 1 aromatic carbocycles. The first kappa shape index (κ1) is 23.2. The highest BCUT2D eigenvalue weighted by Gasteiger charge is 2.32. The lowest BCUT2D eigenvalue weighted by atomic mass is 9.98. The molecular weight excluding hydrogens is 400 g/mol. The number of benzene rings is 1. The molecule has 2 aliphatic heterocycles. The van der Waals surface area contributed by atoms with Crippen molar-refractivity contribution >= 4 is 21.8 Å². The fourth-order valence-corrected chi connectivity index (χ4v) is 5.95. The Morgan fingerprint density at radius 3 is 2.17 bits per heavy atom. The summed E-state index contributed by atoms with van der Waals surface area (Å²) < 4.78 is 29.1. The summed E-state index contributed by atoms with van der Waals surface area (Å²) in [6.07, 6.45) is 4.09. The molecule has 30 heavy (non-hydrogen) atoms. The van der Waals surface area contributed by atoms with Crippen molar-refractivity contribution in [3.63, 3.8) is 0 Å². The summed E-state index contributed by atoms with van der Waals surface area (Å²) >= 11 is 0. The highest BCUT2D eigenvalue weighted by Crippen LogP contribution is 2.27. The fourth-order valence-electron chi connectivity index (χ4n) is 4.28. The molecule has 0 aromatic heterocycles. The van der Waals surface area contributed by atoms with E-state index in [4.69, 9.17) is 0 Å². The van der Waals surface area contributed by atoms with Crippen molar-refractivity contribution in [1.82, 2.24) is 13.5 Å². The van der Waals surface area contributed by atoms with Gasteiger partial charge in [0.1, 0.15) is 0 Å². The van der Waals surface area contributed by atoms with Crippen LogP contribution in [0.4, 0.5) is 5.69 Å². The average Bonchev–Trinajstić information content (AvgIpc) is 3.00. The molecule has 2 aliphatic rings. The molecule has 3 rings (SSSR count). The van der Waals surface area contributed by atoms with Crippen LogP contribution in [0.3, 0.4) is 0 Å². The van der Waals surface area contributed by atoms with Crippen LogP contribution >= 0.6 is 0 Å². The number of rotatable bonds is 6. The van der Waals surface area contributed by atoms with Crippen LogP contribution in [0.1, 0.15) is 56.6 Å². The van der Waals surface area contributed by atoms with E-state index in [1.54, 1.807) is 8.61 Å². The zero-order chi connectivity index (χ0) is 21.7. The molecule has 8 heteroatoms. The molecule has 0 radical (unpaired) electrons. The van der Waals surface area contributed by atoms with Crippen LogP contribution in [0.15, 0.2) is 18.2 Å². The first-order chi connectivity index (χ1) is 14.3. The summed E-state index contributed by atoms with van der Waals surface area (Å²) in [6.45, 7) is 9.80. The Bertz CT molecular complexity index is 825. The highest BCUT2D eigenvalue weighted by atomic mass is 32.2. The van der Waals surface area contributed by atoms with Crippen LogP contribution in [0.2, 0.25) is 0 Å². The average molecular weight is 437 g/mol. The van der Waals surface area contributed by atoms with Crippen molar-refractivity contribution in [3.8, 4) is 0 Å². The van der Waals surface area contributed by atoms with Crippen molar-refractivity contribution in [2.45, 2.75) is 52.4 Å². The van der Waals surface area contributed by atoms with Crippen molar-refractivity contribution < 1.29 is 13.2 Å². The second-order valence-corrected chi connectivity index (χ2v) is 10.7. The largest absolute Gasteiger partial charge is 0.324 e. The number of nitrogens with zero attached hydrogens (tertiary/aromatic N) is 3. The number of carbonyl (C=O) groups excluding carboxylic acids is 1.